The summed E-state index contributed by atoms with van der Waals surface area (Å²) in [7, 11) is 3.12. The van der Waals surface area contributed by atoms with E-state index in [-0.39, 0.29) is 17.7 Å². The van der Waals surface area contributed by atoms with Crippen molar-refractivity contribution in [3.8, 4) is 23.0 Å². The summed E-state index contributed by atoms with van der Waals surface area (Å²) in [6.45, 7) is 10.1. The number of rotatable bonds is 12. The number of hydrogen-bond acceptors (Lipinski definition) is 6. The molecule has 2 aromatic rings. The van der Waals surface area contributed by atoms with Crippen molar-refractivity contribution >= 4 is 11.7 Å². The predicted molar refractivity (Wildman–Crippen MR) is 147 cm³/mol. The highest BCUT2D eigenvalue weighted by molar-refractivity contribution is 5.98. The van der Waals surface area contributed by atoms with Gasteiger partial charge in [-0.15, -0.1) is 6.58 Å². The van der Waals surface area contributed by atoms with E-state index in [2.05, 4.69) is 6.58 Å². The third-order valence-corrected chi connectivity index (χ3v) is 7.15. The second-order valence-corrected chi connectivity index (χ2v) is 9.94. The van der Waals surface area contributed by atoms with Crippen LogP contribution in [0.3, 0.4) is 0 Å². The molecule has 1 atom stereocenters. The average molecular weight is 520 g/mol. The number of ether oxygens (including phenoxy) is 4. The quantitative estimate of drug-likeness (QED) is 0.193. The van der Waals surface area contributed by atoms with Gasteiger partial charge in [-0.05, 0) is 86.9 Å². The Bertz CT molecular complexity index is 1260. The molecule has 1 aliphatic heterocycles. The maximum atomic E-state index is 13.5. The normalized spacial score (nSPS) is 16.6. The molecule has 1 heterocycles. The van der Waals surface area contributed by atoms with Crippen molar-refractivity contribution < 1.29 is 28.5 Å². The Kier molecular flexibility index (Phi) is 8.45. The number of aryl methyl sites for hydroxylation is 2. The number of ketones is 1. The molecule has 0 saturated heterocycles. The fourth-order valence-electron chi connectivity index (χ4n) is 4.84. The predicted octanol–water partition coefficient (Wildman–Crippen LogP) is 6.07. The molecule has 202 valence electrons. The van der Waals surface area contributed by atoms with Gasteiger partial charge in [0.15, 0.2) is 28.8 Å². The van der Waals surface area contributed by atoms with Crippen molar-refractivity contribution in [2.75, 3.05) is 27.4 Å². The van der Waals surface area contributed by atoms with Gasteiger partial charge in [-0.1, -0.05) is 6.08 Å². The first-order valence-corrected chi connectivity index (χ1v) is 13.1. The lowest BCUT2D eigenvalue weighted by molar-refractivity contribution is 0.0805. The van der Waals surface area contributed by atoms with Crippen LogP contribution in [0.1, 0.15) is 64.4 Å². The topological polar surface area (TPSA) is 74.3 Å². The molecule has 7 nitrogen and oxygen atoms in total. The Balaban J connectivity index is 1.38. The number of nitrogens with zero attached hydrogens (tertiary/aromatic N) is 1. The summed E-state index contributed by atoms with van der Waals surface area (Å²) in [5, 5.41) is 0. The third kappa shape index (κ3) is 5.87. The lowest BCUT2D eigenvalue weighted by atomic mass is 10.0. The summed E-state index contributed by atoms with van der Waals surface area (Å²) in [5.74, 6) is 2.75. The Hall–Kier alpha value is -3.74. The summed E-state index contributed by atoms with van der Waals surface area (Å²) in [4.78, 5) is 27.1. The molecule has 1 fully saturated rings. The van der Waals surface area contributed by atoms with Gasteiger partial charge in [0, 0.05) is 23.7 Å². The van der Waals surface area contributed by atoms with E-state index in [4.69, 9.17) is 18.9 Å². The van der Waals surface area contributed by atoms with Crippen molar-refractivity contribution in [1.82, 2.24) is 4.90 Å². The second kappa shape index (κ2) is 11.8. The molecule has 0 N–H and O–H groups in total. The molecule has 2 aromatic carbocycles. The number of carbonyl (C=O) groups excluding carboxylic acids is 2. The third-order valence-electron chi connectivity index (χ3n) is 7.15. The van der Waals surface area contributed by atoms with Crippen molar-refractivity contribution in [3.63, 3.8) is 0 Å². The molecular formula is C31H37NO6. The lowest BCUT2D eigenvalue weighted by Gasteiger charge is -2.22. The molecule has 0 aromatic heterocycles. The van der Waals surface area contributed by atoms with Gasteiger partial charge < -0.3 is 23.8 Å². The minimum atomic E-state index is -0.0543. The highest BCUT2D eigenvalue weighted by atomic mass is 16.5. The largest absolute Gasteiger partial charge is 0.493 e. The zero-order chi connectivity index (χ0) is 27.4. The van der Waals surface area contributed by atoms with Crippen LogP contribution in [-0.2, 0) is 0 Å². The molecule has 2 aliphatic rings. The van der Waals surface area contributed by atoms with Crippen molar-refractivity contribution in [1.29, 1.82) is 0 Å². The minimum Gasteiger partial charge on any atom is -0.493 e. The number of Topliss-reactive ketones (excluding diaryl/α,β-unsaturated/α-hetero) is 1. The van der Waals surface area contributed by atoms with Gasteiger partial charge in [-0.2, -0.15) is 0 Å². The van der Waals surface area contributed by atoms with Crippen LogP contribution >= 0.6 is 0 Å². The Morgan fingerprint density at radius 3 is 1.97 bits per heavy atom. The molecule has 1 aliphatic carbocycles. The molecule has 7 heteroatoms. The molecular weight excluding hydrogens is 482 g/mol. The van der Waals surface area contributed by atoms with Gasteiger partial charge >= 0.3 is 0 Å². The number of hydrogen-bond donors (Lipinski definition) is 0. The van der Waals surface area contributed by atoms with E-state index in [1.807, 2.05) is 38.3 Å². The summed E-state index contributed by atoms with van der Waals surface area (Å²) in [5.41, 5.74) is 4.22. The van der Waals surface area contributed by atoms with Crippen LogP contribution < -0.4 is 18.9 Å². The molecule has 1 amide bonds. The first-order valence-electron chi connectivity index (χ1n) is 13.1. The molecule has 0 radical (unpaired) electrons. The molecule has 1 unspecified atom stereocenters. The van der Waals surface area contributed by atoms with Crippen LogP contribution in [-0.4, -0.2) is 50.1 Å². The number of benzene rings is 2. The van der Waals surface area contributed by atoms with Crippen molar-refractivity contribution in [2.45, 2.75) is 52.5 Å². The van der Waals surface area contributed by atoms with E-state index >= 15 is 0 Å². The van der Waals surface area contributed by atoms with Crippen molar-refractivity contribution in [2.24, 2.45) is 5.92 Å². The maximum Gasteiger partial charge on any atom is 0.258 e. The maximum absolute atomic E-state index is 13.5. The van der Waals surface area contributed by atoms with Gasteiger partial charge in [0.2, 0.25) is 0 Å². The van der Waals surface area contributed by atoms with Crippen LogP contribution in [0.25, 0.3) is 0 Å². The minimum absolute atomic E-state index is 0.0134. The molecule has 1 saturated carbocycles. The smallest absolute Gasteiger partial charge is 0.258 e. The van der Waals surface area contributed by atoms with Crippen LogP contribution in [0, 0.1) is 19.8 Å². The van der Waals surface area contributed by atoms with E-state index in [0.717, 1.165) is 17.5 Å². The molecule has 0 spiro atoms. The Labute approximate surface area is 225 Å². The van der Waals surface area contributed by atoms with Gasteiger partial charge in [0.25, 0.3) is 5.91 Å². The van der Waals surface area contributed by atoms with Gasteiger partial charge in [-0.25, -0.2) is 0 Å². The Morgan fingerprint density at radius 1 is 0.921 bits per heavy atom. The van der Waals surface area contributed by atoms with E-state index in [1.54, 1.807) is 31.3 Å². The average Bonchev–Trinajstić information content (AvgIpc) is 3.66. The van der Waals surface area contributed by atoms with Crippen molar-refractivity contribution in [3.05, 3.63) is 70.9 Å². The summed E-state index contributed by atoms with van der Waals surface area (Å²) in [6, 6.07) is 7.13. The molecule has 4 rings (SSSR count). The number of carbonyl (C=O) groups is 2. The van der Waals surface area contributed by atoms with Crippen LogP contribution in [0.2, 0.25) is 0 Å². The molecule has 0 bridgehead atoms. The SMILES string of the molecule is C=CC1CC(C2CC2)=CN1C(=O)c1cc(OC)c(OCCCOc2cc(C)c(C(C)=O)cc2OC)cc1C. The number of methoxy groups -OCH3 is 2. The van der Waals surface area contributed by atoms with E-state index < -0.39 is 0 Å². The van der Waals surface area contributed by atoms with Gasteiger partial charge in [0.1, 0.15) is 0 Å². The molecule has 38 heavy (non-hydrogen) atoms. The van der Waals surface area contributed by atoms with E-state index in [9.17, 15) is 9.59 Å². The van der Waals surface area contributed by atoms with Crippen LogP contribution in [0.15, 0.2) is 48.7 Å². The monoisotopic (exact) mass is 519 g/mol. The lowest BCUT2D eigenvalue weighted by Crippen LogP contribution is -2.31. The van der Waals surface area contributed by atoms with Gasteiger partial charge in [-0.3, -0.25) is 9.59 Å². The fraction of sp³-hybridized carbons (Fsp3) is 0.419. The van der Waals surface area contributed by atoms with E-state index in [1.165, 1.54) is 25.3 Å². The zero-order valence-electron chi connectivity index (χ0n) is 23.0. The first kappa shape index (κ1) is 27.3. The van der Waals surface area contributed by atoms with E-state index in [0.29, 0.717) is 59.7 Å². The van der Waals surface area contributed by atoms with Crippen LogP contribution in [0.4, 0.5) is 0 Å². The Morgan fingerprint density at radius 2 is 1.47 bits per heavy atom. The highest BCUT2D eigenvalue weighted by Gasteiger charge is 2.35. The standard InChI is InChI=1S/C31H37NO6/c1-7-24-15-23(22-9-10-22)18-32(24)31(34)26-17-28(36-6)30(14-20(26)3)38-12-8-11-37-29-13-19(2)25(21(4)33)16-27(29)35-5/h7,13-14,16-18,22,24H,1,8-12,15H2,2-6H3. The van der Waals surface area contributed by atoms with Crippen LogP contribution in [0.5, 0.6) is 23.0 Å². The van der Waals surface area contributed by atoms with Gasteiger partial charge in [0.05, 0.1) is 33.5 Å². The fourth-order valence-corrected chi connectivity index (χ4v) is 4.84. The summed E-state index contributed by atoms with van der Waals surface area (Å²) < 4.78 is 22.9. The summed E-state index contributed by atoms with van der Waals surface area (Å²) in [6.07, 6.45) is 7.77. The summed E-state index contributed by atoms with van der Waals surface area (Å²) >= 11 is 0. The zero-order valence-corrected chi connectivity index (χ0v) is 23.0. The number of amides is 1. The highest BCUT2D eigenvalue weighted by Crippen LogP contribution is 2.43. The first-order chi connectivity index (χ1) is 18.3. The second-order valence-electron chi connectivity index (χ2n) is 9.94.